The van der Waals surface area contributed by atoms with E-state index in [1.807, 2.05) is 53.4 Å². The summed E-state index contributed by atoms with van der Waals surface area (Å²) in [7, 11) is 0. The van der Waals surface area contributed by atoms with E-state index < -0.39 is 17.6 Å². The van der Waals surface area contributed by atoms with Crippen molar-refractivity contribution in [3.8, 4) is 51.5 Å². The second-order valence-corrected chi connectivity index (χ2v) is 14.5. The molecule has 0 atom stereocenters. The first-order chi connectivity index (χ1) is 33.9. The molecular formula is C50H47F3N8O8RuS. The number of alkyl halides is 3. The molecule has 0 saturated carbocycles. The molecule has 0 aliphatic heterocycles. The Kier molecular flexibility index (Phi) is 24.9. The summed E-state index contributed by atoms with van der Waals surface area (Å²) < 4.78 is 64.5. The quantitative estimate of drug-likeness (QED) is 0.0207. The van der Waals surface area contributed by atoms with E-state index in [2.05, 4.69) is 46.0 Å². The molecule has 0 unspecified atom stereocenters. The molecule has 6 aromatic rings. The summed E-state index contributed by atoms with van der Waals surface area (Å²) in [6.07, 6.45) is 6.47. The number of carbonyl (C=O) groups is 3. The summed E-state index contributed by atoms with van der Waals surface area (Å²) in [5, 5.41) is 15.6. The number of pyridine rings is 4. The number of carbonyl (C=O) groups excluding carboxylic acids is 3. The predicted molar refractivity (Wildman–Crippen MR) is 262 cm³/mol. The average Bonchev–Trinajstić information content (AvgIpc) is 3.36. The molecule has 4 heterocycles. The van der Waals surface area contributed by atoms with Gasteiger partial charge in [0, 0.05) is 53.7 Å². The maximum absolute atomic E-state index is 12.7. The number of anilines is 3. The van der Waals surface area contributed by atoms with E-state index in [0.29, 0.717) is 60.7 Å². The molecule has 0 spiro atoms. The summed E-state index contributed by atoms with van der Waals surface area (Å²) in [5.41, 5.74) is 9.67. The van der Waals surface area contributed by atoms with Crippen LogP contribution in [0.25, 0.3) is 39.6 Å². The number of nitrogens with one attached hydrogen (secondary N) is 2. The van der Waals surface area contributed by atoms with Gasteiger partial charge in [-0.3, -0.25) is 34.7 Å². The molecule has 0 amide bonds. The molecule has 16 nitrogen and oxygen atoms in total. The van der Waals surface area contributed by atoms with Crippen LogP contribution in [0.5, 0.6) is 28.7 Å². The fourth-order valence-corrected chi connectivity index (χ4v) is 6.14. The standard InChI is InChI=1S/C31H36F3N4O2.C18H11N3O6.CNS.Ru/c1-3-5-7-19-39-26-14-9-23(10-15-26)38(24-11-16-27(17-12-24)40-20-8-6-4-2)25-13-18-29(37-22-25)28(35)21-30(36)31(32,33)34;22-9-25-12-1-3-19-15(5-12)17-7-14(27-11-24)8-18(21-17)16-6-13(26-10-23)2-4-20-16;2-1-3;/h9-18,21-22,35-36H,3-8,19-20H2,1-2H3;1-11H;;/q-1;;-1;+2/b28-21-,36-30?;;;. The van der Waals surface area contributed by atoms with Gasteiger partial charge in [0.05, 0.1) is 47.9 Å². The number of aromatic nitrogens is 4. The monoisotopic (exact) mass is 1080 g/mol. The molecule has 0 aliphatic rings. The second-order valence-electron chi connectivity index (χ2n) is 14.4. The van der Waals surface area contributed by atoms with Crippen LogP contribution in [-0.4, -0.2) is 69.6 Å². The van der Waals surface area contributed by atoms with E-state index in [1.54, 1.807) is 6.07 Å². The topological polar surface area (TPSA) is 222 Å². The number of unbranched alkanes of at least 4 members (excludes halogenated alkanes) is 4. The first kappa shape index (κ1) is 57.6. The molecule has 0 saturated heterocycles. The minimum absolute atomic E-state index is 0. The van der Waals surface area contributed by atoms with E-state index in [1.165, 1.54) is 66.2 Å². The third-order valence-corrected chi connectivity index (χ3v) is 9.44. The largest absolute Gasteiger partial charge is 2.00 e. The zero-order valence-electron chi connectivity index (χ0n) is 38.3. The molecule has 2 N–H and O–H groups in total. The molecule has 0 bridgehead atoms. The summed E-state index contributed by atoms with van der Waals surface area (Å²) in [6, 6.07) is 27.5. The Morgan fingerprint density at radius 2 is 1.08 bits per heavy atom. The van der Waals surface area contributed by atoms with Crippen LogP contribution in [0.3, 0.4) is 0 Å². The van der Waals surface area contributed by atoms with Crippen LogP contribution in [0.2, 0.25) is 0 Å². The van der Waals surface area contributed by atoms with E-state index >= 15 is 0 Å². The van der Waals surface area contributed by atoms with Crippen molar-refractivity contribution in [2.45, 2.75) is 58.5 Å². The zero-order valence-corrected chi connectivity index (χ0v) is 40.8. The van der Waals surface area contributed by atoms with Crippen LogP contribution >= 0.6 is 12.2 Å². The van der Waals surface area contributed by atoms with Gasteiger partial charge in [-0.2, -0.15) is 18.3 Å². The van der Waals surface area contributed by atoms with Crippen LogP contribution in [0.15, 0.2) is 122 Å². The number of nitrogens with zero attached hydrogens (tertiary/aromatic N) is 6. The third kappa shape index (κ3) is 18.9. The molecule has 0 radical (unpaired) electrons. The van der Waals surface area contributed by atoms with E-state index in [9.17, 15) is 27.6 Å². The number of thiocarbonyl (C=S) groups is 1. The summed E-state index contributed by atoms with van der Waals surface area (Å²) in [5.74, 6) is 2.29. The maximum Gasteiger partial charge on any atom is 2.00 e. The molecule has 0 aliphatic carbocycles. The molecule has 6 rings (SSSR count). The van der Waals surface area contributed by atoms with Crippen molar-refractivity contribution in [1.82, 2.24) is 19.9 Å². The average molecular weight is 1080 g/mol. The normalized spacial score (nSPS) is 10.5. The Morgan fingerprint density at radius 1 is 0.662 bits per heavy atom. The van der Waals surface area contributed by atoms with Gasteiger partial charge in [-0.15, -0.1) is 5.70 Å². The van der Waals surface area contributed by atoms with Crippen LogP contribution < -0.4 is 28.6 Å². The number of hydrogen-bond acceptors (Lipinski definition) is 15. The first-order valence-corrected chi connectivity index (χ1v) is 21.9. The minimum atomic E-state index is -4.82. The summed E-state index contributed by atoms with van der Waals surface area (Å²) in [4.78, 5) is 50.8. The van der Waals surface area contributed by atoms with Crippen molar-refractivity contribution >= 4 is 65.3 Å². The molecule has 21 heteroatoms. The SMILES string of the molecule is CCCCCOc1ccc(N(c2ccc(OCCCCC)cc2)c2ccc(/C([NH-])=C/C(=N)C(F)(F)F)nc2)cc1.O=COc1ccnc(-c2cc(OC=O)cc(-c3cc(OC=O)ccn3)n2)c1.[N-]=C=S.[Ru+2]. The van der Waals surface area contributed by atoms with E-state index in [-0.39, 0.29) is 48.9 Å². The smallest absolute Gasteiger partial charge is 0.753 e. The molecular weight excluding hydrogens is 1030 g/mol. The molecule has 2 aromatic carbocycles. The maximum atomic E-state index is 12.7. The number of halogens is 3. The first-order valence-electron chi connectivity index (χ1n) is 21.5. The van der Waals surface area contributed by atoms with Gasteiger partial charge < -0.3 is 39.7 Å². The molecule has 0 fully saturated rings. The van der Waals surface area contributed by atoms with Crippen LogP contribution in [0, 0.1) is 5.41 Å². The van der Waals surface area contributed by atoms with Crippen LogP contribution in [0.4, 0.5) is 30.2 Å². The number of rotatable bonds is 23. The van der Waals surface area contributed by atoms with Crippen LogP contribution in [0.1, 0.15) is 58.1 Å². The Labute approximate surface area is 426 Å². The van der Waals surface area contributed by atoms with Gasteiger partial charge in [0.1, 0.15) is 34.5 Å². The van der Waals surface area contributed by atoms with Gasteiger partial charge in [0.25, 0.3) is 19.4 Å². The number of ether oxygens (including phenoxy) is 5. The van der Waals surface area contributed by atoms with Gasteiger partial charge in [0.2, 0.25) is 0 Å². The van der Waals surface area contributed by atoms with E-state index in [0.717, 1.165) is 61.4 Å². The van der Waals surface area contributed by atoms with Gasteiger partial charge >= 0.3 is 25.7 Å². The predicted octanol–water partition coefficient (Wildman–Crippen LogP) is 12.1. The van der Waals surface area contributed by atoms with Crippen molar-refractivity contribution in [2.24, 2.45) is 0 Å². The summed E-state index contributed by atoms with van der Waals surface area (Å²) in [6.45, 7) is 6.46. The van der Waals surface area contributed by atoms with Crippen molar-refractivity contribution in [3.05, 3.63) is 139 Å². The number of hydrogen-bond donors (Lipinski definition) is 1. The van der Waals surface area contributed by atoms with Gasteiger partial charge in [0.15, 0.2) is 0 Å². The van der Waals surface area contributed by atoms with Crippen molar-refractivity contribution in [1.29, 1.82) is 5.41 Å². The van der Waals surface area contributed by atoms with Crippen molar-refractivity contribution < 1.29 is 70.7 Å². The summed E-state index contributed by atoms with van der Waals surface area (Å²) >= 11 is 3.70. The molecule has 4 aromatic heterocycles. The Bertz CT molecular complexity index is 2570. The zero-order chi connectivity index (χ0) is 50.7. The number of benzene rings is 2. The number of allylic oxidation sites excluding steroid dienone is 1. The third-order valence-electron chi connectivity index (χ3n) is 9.44. The van der Waals surface area contributed by atoms with E-state index in [4.69, 9.17) is 40.2 Å². The van der Waals surface area contributed by atoms with Crippen molar-refractivity contribution in [2.75, 3.05) is 18.1 Å². The molecule has 71 heavy (non-hydrogen) atoms. The van der Waals surface area contributed by atoms with Gasteiger partial charge in [-0.05, 0) is 91.7 Å². The van der Waals surface area contributed by atoms with Crippen LogP contribution in [-0.2, 0) is 33.9 Å². The molecule has 370 valence electrons. The number of isothiocyanates is 1. The Hall–Kier alpha value is -7.73. The second kappa shape index (κ2) is 30.7. The minimum Gasteiger partial charge on any atom is -0.753 e. The van der Waals surface area contributed by atoms with Gasteiger partial charge in [-0.25, -0.2) is 4.98 Å². The van der Waals surface area contributed by atoms with Crippen molar-refractivity contribution in [3.63, 3.8) is 0 Å². The Balaban J connectivity index is 0.000000373. The van der Waals surface area contributed by atoms with Gasteiger partial charge in [-0.1, -0.05) is 51.7 Å². The fraction of sp³-hybridized carbons (Fsp3) is 0.220. The fourth-order valence-electron chi connectivity index (χ4n) is 6.14. The Morgan fingerprint density at radius 3 is 1.48 bits per heavy atom.